The van der Waals surface area contributed by atoms with Gasteiger partial charge in [0.05, 0.1) is 7.11 Å². The van der Waals surface area contributed by atoms with Crippen LogP contribution in [-0.2, 0) is 6.42 Å². The zero-order chi connectivity index (χ0) is 14.0. The molecular formula is C15H24N2O2. The van der Waals surface area contributed by atoms with Crippen LogP contribution in [0.25, 0.3) is 0 Å². The third kappa shape index (κ3) is 2.69. The van der Waals surface area contributed by atoms with Crippen LogP contribution in [0, 0.1) is 5.92 Å². The maximum absolute atomic E-state index is 10.4. The van der Waals surface area contributed by atoms with Crippen molar-refractivity contribution in [2.45, 2.75) is 25.8 Å². The average molecular weight is 264 g/mol. The number of phenolic OH excluding ortho intramolecular Hbond substituents is 1. The highest BCUT2D eigenvalue weighted by atomic mass is 16.5. The van der Waals surface area contributed by atoms with Crippen LogP contribution in [-0.4, -0.2) is 37.3 Å². The number of likely N-dealkylation sites (tertiary alicyclic amines) is 1. The maximum atomic E-state index is 10.4. The summed E-state index contributed by atoms with van der Waals surface area (Å²) in [4.78, 5) is 2.27. The number of rotatable bonds is 4. The van der Waals surface area contributed by atoms with E-state index in [2.05, 4.69) is 24.9 Å². The molecule has 19 heavy (non-hydrogen) atoms. The predicted octanol–water partition coefficient (Wildman–Crippen LogP) is 1.91. The molecule has 0 aromatic heterocycles. The normalized spacial score (nSPS) is 23.8. The molecule has 0 saturated carbocycles. The lowest BCUT2D eigenvalue weighted by Crippen LogP contribution is -2.20. The van der Waals surface area contributed by atoms with Crippen molar-refractivity contribution >= 4 is 0 Å². The van der Waals surface area contributed by atoms with Gasteiger partial charge in [-0.15, -0.1) is 0 Å². The molecule has 0 bridgehead atoms. The number of hydrogen-bond donors (Lipinski definition) is 2. The van der Waals surface area contributed by atoms with Crippen molar-refractivity contribution < 1.29 is 9.84 Å². The van der Waals surface area contributed by atoms with Gasteiger partial charge in [-0.3, -0.25) is 4.90 Å². The molecule has 0 amide bonds. The minimum atomic E-state index is 0.231. The molecule has 0 radical (unpaired) electrons. The maximum Gasteiger partial charge on any atom is 0.162 e. The topological polar surface area (TPSA) is 58.7 Å². The smallest absolute Gasteiger partial charge is 0.162 e. The highest BCUT2D eigenvalue weighted by molar-refractivity contribution is 5.50. The van der Waals surface area contributed by atoms with E-state index >= 15 is 0 Å². The number of aromatic hydroxyl groups is 1. The Morgan fingerprint density at radius 3 is 2.74 bits per heavy atom. The largest absolute Gasteiger partial charge is 0.504 e. The number of aryl methyl sites for hydroxylation is 1. The summed E-state index contributed by atoms with van der Waals surface area (Å²) in [5.74, 6) is 1.35. The average Bonchev–Trinajstić information content (AvgIpc) is 2.80. The standard InChI is InChI=1S/C15H24N2O2/c1-4-10-5-12(15(18)14(7-10)19-3)13-6-11(8-16)9-17(13)2/h5,7,11,13,18H,4,6,8-9,16H2,1-3H3. The van der Waals surface area contributed by atoms with Gasteiger partial charge in [0.1, 0.15) is 0 Å². The minimum absolute atomic E-state index is 0.231. The molecule has 106 valence electrons. The van der Waals surface area contributed by atoms with Crippen LogP contribution >= 0.6 is 0 Å². The molecule has 0 aliphatic carbocycles. The third-order valence-corrected chi connectivity index (χ3v) is 4.12. The molecule has 1 aromatic rings. The molecule has 1 aliphatic heterocycles. The quantitative estimate of drug-likeness (QED) is 0.872. The van der Waals surface area contributed by atoms with E-state index in [0.717, 1.165) is 24.9 Å². The Bertz CT molecular complexity index is 448. The summed E-state index contributed by atoms with van der Waals surface area (Å²) >= 11 is 0. The van der Waals surface area contributed by atoms with Crippen molar-refractivity contribution in [3.63, 3.8) is 0 Å². The lowest BCUT2D eigenvalue weighted by molar-refractivity contribution is 0.300. The highest BCUT2D eigenvalue weighted by Gasteiger charge is 2.32. The minimum Gasteiger partial charge on any atom is -0.504 e. The molecule has 1 heterocycles. The molecule has 1 aromatic carbocycles. The van der Waals surface area contributed by atoms with Gasteiger partial charge in [0.25, 0.3) is 0 Å². The van der Waals surface area contributed by atoms with Gasteiger partial charge in [0.2, 0.25) is 0 Å². The fourth-order valence-corrected chi connectivity index (χ4v) is 2.94. The van der Waals surface area contributed by atoms with Gasteiger partial charge in [-0.2, -0.15) is 0 Å². The molecular weight excluding hydrogens is 240 g/mol. The first-order chi connectivity index (χ1) is 9.10. The van der Waals surface area contributed by atoms with Crippen LogP contribution in [0.1, 0.15) is 30.5 Å². The molecule has 2 unspecified atom stereocenters. The Hall–Kier alpha value is -1.26. The van der Waals surface area contributed by atoms with Crippen LogP contribution in [0.4, 0.5) is 0 Å². The zero-order valence-electron chi connectivity index (χ0n) is 12.0. The second kappa shape index (κ2) is 5.80. The van der Waals surface area contributed by atoms with E-state index in [9.17, 15) is 5.11 Å². The van der Waals surface area contributed by atoms with E-state index in [1.54, 1.807) is 7.11 Å². The Balaban J connectivity index is 2.38. The van der Waals surface area contributed by atoms with Crippen molar-refractivity contribution in [3.8, 4) is 11.5 Å². The summed E-state index contributed by atoms with van der Waals surface area (Å²) < 4.78 is 5.28. The first-order valence-electron chi connectivity index (χ1n) is 6.90. The van der Waals surface area contributed by atoms with Gasteiger partial charge in [-0.05, 0) is 44.0 Å². The van der Waals surface area contributed by atoms with Gasteiger partial charge < -0.3 is 15.6 Å². The fourth-order valence-electron chi connectivity index (χ4n) is 2.94. The van der Waals surface area contributed by atoms with Gasteiger partial charge >= 0.3 is 0 Å². The molecule has 1 aliphatic rings. The Labute approximate surface area is 115 Å². The SMILES string of the molecule is CCc1cc(OC)c(O)c(C2CC(CN)CN2C)c1. The molecule has 1 saturated heterocycles. The summed E-state index contributed by atoms with van der Waals surface area (Å²) in [5.41, 5.74) is 7.93. The van der Waals surface area contributed by atoms with Crippen molar-refractivity contribution in [2.75, 3.05) is 27.2 Å². The van der Waals surface area contributed by atoms with Gasteiger partial charge in [-0.1, -0.05) is 13.0 Å². The van der Waals surface area contributed by atoms with Gasteiger partial charge in [0, 0.05) is 18.2 Å². The molecule has 0 spiro atoms. The highest BCUT2D eigenvalue weighted by Crippen LogP contribution is 2.42. The van der Waals surface area contributed by atoms with E-state index in [4.69, 9.17) is 10.5 Å². The predicted molar refractivity (Wildman–Crippen MR) is 76.6 cm³/mol. The van der Waals surface area contributed by atoms with E-state index in [1.807, 2.05) is 6.07 Å². The van der Waals surface area contributed by atoms with Gasteiger partial charge in [0.15, 0.2) is 11.5 Å². The first kappa shape index (κ1) is 14.2. The number of nitrogens with zero attached hydrogens (tertiary/aromatic N) is 1. The molecule has 1 fully saturated rings. The molecule has 4 nitrogen and oxygen atoms in total. The number of benzene rings is 1. The number of nitrogens with two attached hydrogens (primary N) is 1. The Morgan fingerprint density at radius 1 is 1.47 bits per heavy atom. The van der Waals surface area contributed by atoms with E-state index in [1.165, 1.54) is 5.56 Å². The fraction of sp³-hybridized carbons (Fsp3) is 0.600. The summed E-state index contributed by atoms with van der Waals surface area (Å²) in [5, 5.41) is 10.4. The lowest BCUT2D eigenvalue weighted by Gasteiger charge is -2.22. The first-order valence-corrected chi connectivity index (χ1v) is 6.90. The monoisotopic (exact) mass is 264 g/mol. The number of hydrogen-bond acceptors (Lipinski definition) is 4. The Morgan fingerprint density at radius 2 is 2.21 bits per heavy atom. The van der Waals surface area contributed by atoms with Crippen molar-refractivity contribution in [1.29, 1.82) is 0 Å². The van der Waals surface area contributed by atoms with Crippen LogP contribution in [0.15, 0.2) is 12.1 Å². The van der Waals surface area contributed by atoms with E-state index in [-0.39, 0.29) is 11.8 Å². The second-order valence-electron chi connectivity index (χ2n) is 5.38. The van der Waals surface area contributed by atoms with Crippen LogP contribution < -0.4 is 10.5 Å². The van der Waals surface area contributed by atoms with Gasteiger partial charge in [-0.25, -0.2) is 0 Å². The van der Waals surface area contributed by atoms with Crippen LogP contribution in [0.5, 0.6) is 11.5 Å². The third-order valence-electron chi connectivity index (χ3n) is 4.12. The Kier molecular flexibility index (Phi) is 4.32. The summed E-state index contributed by atoms with van der Waals surface area (Å²) in [6.07, 6.45) is 1.93. The van der Waals surface area contributed by atoms with Crippen molar-refractivity contribution in [2.24, 2.45) is 11.7 Å². The zero-order valence-corrected chi connectivity index (χ0v) is 12.0. The molecule has 3 N–H and O–H groups in total. The number of ether oxygens (including phenoxy) is 1. The summed E-state index contributed by atoms with van der Waals surface area (Å²) in [6, 6.07) is 4.24. The second-order valence-corrected chi connectivity index (χ2v) is 5.38. The number of phenols is 1. The number of methoxy groups -OCH3 is 1. The lowest BCUT2D eigenvalue weighted by atomic mass is 9.96. The van der Waals surface area contributed by atoms with Crippen LogP contribution in [0.3, 0.4) is 0 Å². The molecule has 2 atom stereocenters. The van der Waals surface area contributed by atoms with E-state index < -0.39 is 0 Å². The summed E-state index contributed by atoms with van der Waals surface area (Å²) in [6.45, 7) is 3.79. The molecule has 2 rings (SSSR count). The van der Waals surface area contributed by atoms with Crippen molar-refractivity contribution in [3.05, 3.63) is 23.3 Å². The van der Waals surface area contributed by atoms with E-state index in [0.29, 0.717) is 18.2 Å². The van der Waals surface area contributed by atoms with Crippen LogP contribution in [0.2, 0.25) is 0 Å². The summed E-state index contributed by atoms with van der Waals surface area (Å²) in [7, 11) is 3.68. The molecule has 4 heteroatoms. The van der Waals surface area contributed by atoms with Crippen molar-refractivity contribution in [1.82, 2.24) is 4.90 Å².